The van der Waals surface area contributed by atoms with E-state index in [1.54, 1.807) is 7.11 Å². The summed E-state index contributed by atoms with van der Waals surface area (Å²) < 4.78 is 5.07. The van der Waals surface area contributed by atoms with Gasteiger partial charge in [-0.05, 0) is 48.2 Å². The van der Waals surface area contributed by atoms with E-state index in [-0.39, 0.29) is 24.4 Å². The molecule has 1 atom stereocenters. The topological polar surface area (TPSA) is 62.2 Å². The number of rotatable bonds is 7. The van der Waals surface area contributed by atoms with Gasteiger partial charge in [0.05, 0.1) is 18.4 Å². The molecule has 2 aromatic rings. The van der Waals surface area contributed by atoms with Crippen LogP contribution in [0.4, 0.5) is 0 Å². The van der Waals surface area contributed by atoms with E-state index in [0.717, 1.165) is 16.8 Å². The summed E-state index contributed by atoms with van der Waals surface area (Å²) in [6.45, 7) is 6.21. The maximum atomic E-state index is 13.3. The molecule has 0 aromatic heterocycles. The molecule has 0 fully saturated rings. The predicted octanol–water partition coefficient (Wildman–Crippen LogP) is 4.13. The summed E-state index contributed by atoms with van der Waals surface area (Å²) in [5.41, 5.74) is 5.02. The number of methoxy groups -OCH3 is 1. The van der Waals surface area contributed by atoms with E-state index >= 15 is 0 Å². The first-order valence-electron chi connectivity index (χ1n) is 10.3. The molecule has 0 saturated heterocycles. The van der Waals surface area contributed by atoms with Crippen LogP contribution in [0.3, 0.4) is 0 Å². The van der Waals surface area contributed by atoms with Gasteiger partial charge in [0, 0.05) is 32.0 Å². The summed E-state index contributed by atoms with van der Waals surface area (Å²) in [4.78, 5) is 26.7. The van der Waals surface area contributed by atoms with Crippen LogP contribution in [-0.2, 0) is 14.3 Å². The highest BCUT2D eigenvalue weighted by molar-refractivity contribution is 6.31. The SMILES string of the molecule is COCCN(CC(=O)N1N=C(c2ccc(C)c(C)c2)C[C@@H]1c1ccccc1Cl)C(C)=O. The molecule has 6 nitrogen and oxygen atoms in total. The Morgan fingerprint density at radius 2 is 1.94 bits per heavy atom. The van der Waals surface area contributed by atoms with E-state index in [9.17, 15) is 9.59 Å². The first kappa shape index (κ1) is 23.0. The van der Waals surface area contributed by atoms with Crippen LogP contribution in [0.2, 0.25) is 5.02 Å². The van der Waals surface area contributed by atoms with Crippen molar-refractivity contribution in [3.05, 3.63) is 69.7 Å². The van der Waals surface area contributed by atoms with Crippen LogP contribution in [0.15, 0.2) is 47.6 Å². The Labute approximate surface area is 188 Å². The molecule has 2 amide bonds. The van der Waals surface area contributed by atoms with Crippen LogP contribution in [-0.4, -0.2) is 54.2 Å². The molecule has 0 radical (unpaired) electrons. The maximum absolute atomic E-state index is 13.3. The van der Waals surface area contributed by atoms with Gasteiger partial charge in [0.15, 0.2) is 0 Å². The van der Waals surface area contributed by atoms with Crippen molar-refractivity contribution < 1.29 is 14.3 Å². The molecule has 0 saturated carbocycles. The van der Waals surface area contributed by atoms with Crippen molar-refractivity contribution in [1.29, 1.82) is 0 Å². The standard InChI is InChI=1S/C24H28ClN3O3/c1-16-9-10-19(13-17(16)2)22-14-23(20-7-5-6-8-21(20)25)28(26-22)24(30)15-27(18(3)29)11-12-31-4/h5-10,13,23H,11-12,14-15H2,1-4H3/t23-/m1/s1. The number of hydrogen-bond acceptors (Lipinski definition) is 4. The molecule has 1 aliphatic heterocycles. The minimum absolute atomic E-state index is 0.0661. The molecular formula is C24H28ClN3O3. The number of hydrogen-bond donors (Lipinski definition) is 0. The van der Waals surface area contributed by atoms with E-state index in [0.29, 0.717) is 24.6 Å². The van der Waals surface area contributed by atoms with Crippen molar-refractivity contribution >= 4 is 29.1 Å². The molecule has 0 spiro atoms. The Morgan fingerprint density at radius 3 is 2.58 bits per heavy atom. The highest BCUT2D eigenvalue weighted by Crippen LogP contribution is 2.36. The largest absolute Gasteiger partial charge is 0.383 e. The van der Waals surface area contributed by atoms with Gasteiger partial charge < -0.3 is 9.64 Å². The van der Waals surface area contributed by atoms with Crippen LogP contribution in [0.1, 0.15) is 41.6 Å². The van der Waals surface area contributed by atoms with Crippen molar-refractivity contribution in [2.45, 2.75) is 33.2 Å². The van der Waals surface area contributed by atoms with Gasteiger partial charge in [0.25, 0.3) is 5.91 Å². The molecule has 7 heteroatoms. The lowest BCUT2D eigenvalue weighted by Crippen LogP contribution is -2.41. The molecule has 0 bridgehead atoms. The molecule has 0 unspecified atom stereocenters. The van der Waals surface area contributed by atoms with E-state index in [1.807, 2.05) is 30.3 Å². The number of carbonyl (C=O) groups is 2. The number of ether oxygens (including phenoxy) is 1. The fourth-order valence-electron chi connectivity index (χ4n) is 3.61. The van der Waals surface area contributed by atoms with Gasteiger partial charge in [-0.15, -0.1) is 0 Å². The van der Waals surface area contributed by atoms with Crippen LogP contribution < -0.4 is 0 Å². The predicted molar refractivity (Wildman–Crippen MR) is 122 cm³/mol. The van der Waals surface area contributed by atoms with Gasteiger partial charge in [-0.3, -0.25) is 9.59 Å². The zero-order valence-electron chi connectivity index (χ0n) is 18.4. The fraction of sp³-hybridized carbons (Fsp3) is 0.375. The highest BCUT2D eigenvalue weighted by Gasteiger charge is 2.35. The Hall–Kier alpha value is -2.70. The number of halogens is 1. The first-order valence-corrected chi connectivity index (χ1v) is 10.7. The maximum Gasteiger partial charge on any atom is 0.262 e. The summed E-state index contributed by atoms with van der Waals surface area (Å²) in [6.07, 6.45) is 0.552. The Balaban J connectivity index is 1.93. The second-order valence-corrected chi connectivity index (χ2v) is 8.17. The second kappa shape index (κ2) is 10.1. The van der Waals surface area contributed by atoms with E-state index in [2.05, 4.69) is 26.0 Å². The number of benzene rings is 2. The van der Waals surface area contributed by atoms with Gasteiger partial charge >= 0.3 is 0 Å². The van der Waals surface area contributed by atoms with Crippen molar-refractivity contribution in [3.63, 3.8) is 0 Å². The van der Waals surface area contributed by atoms with Gasteiger partial charge in [-0.1, -0.05) is 41.9 Å². The zero-order valence-corrected chi connectivity index (χ0v) is 19.1. The van der Waals surface area contributed by atoms with E-state index < -0.39 is 0 Å². The average molecular weight is 442 g/mol. The summed E-state index contributed by atoms with van der Waals surface area (Å²) >= 11 is 6.47. The summed E-state index contributed by atoms with van der Waals surface area (Å²) in [5.74, 6) is -0.438. The van der Waals surface area contributed by atoms with Gasteiger partial charge in [0.1, 0.15) is 6.54 Å². The molecule has 3 rings (SSSR count). The summed E-state index contributed by atoms with van der Waals surface area (Å²) in [7, 11) is 1.56. The Morgan fingerprint density at radius 1 is 1.19 bits per heavy atom. The number of hydrazone groups is 1. The molecular weight excluding hydrogens is 414 g/mol. The van der Waals surface area contributed by atoms with Crippen LogP contribution in [0.5, 0.6) is 0 Å². The van der Waals surface area contributed by atoms with E-state index in [1.165, 1.54) is 28.0 Å². The van der Waals surface area contributed by atoms with Crippen LogP contribution >= 0.6 is 11.6 Å². The number of carbonyl (C=O) groups excluding carboxylic acids is 2. The quantitative estimate of drug-likeness (QED) is 0.649. The zero-order chi connectivity index (χ0) is 22.5. The van der Waals surface area contributed by atoms with E-state index in [4.69, 9.17) is 21.4 Å². The summed E-state index contributed by atoms with van der Waals surface area (Å²) in [5, 5.41) is 6.76. The van der Waals surface area contributed by atoms with Gasteiger partial charge in [0.2, 0.25) is 5.91 Å². The lowest BCUT2D eigenvalue weighted by molar-refractivity contribution is -0.141. The average Bonchev–Trinajstić information content (AvgIpc) is 3.18. The molecule has 164 valence electrons. The molecule has 0 N–H and O–H groups in total. The molecule has 0 aliphatic carbocycles. The van der Waals surface area contributed by atoms with Crippen molar-refractivity contribution in [2.24, 2.45) is 5.10 Å². The lowest BCUT2D eigenvalue weighted by Gasteiger charge is -2.26. The Kier molecular flexibility index (Phi) is 7.46. The third-order valence-corrected chi connectivity index (χ3v) is 5.95. The fourth-order valence-corrected chi connectivity index (χ4v) is 3.87. The smallest absolute Gasteiger partial charge is 0.262 e. The first-order chi connectivity index (χ1) is 14.8. The third-order valence-electron chi connectivity index (χ3n) is 5.61. The summed E-state index contributed by atoms with van der Waals surface area (Å²) in [6, 6.07) is 13.3. The monoisotopic (exact) mass is 441 g/mol. The van der Waals surface area contributed by atoms with Crippen LogP contribution in [0.25, 0.3) is 0 Å². The lowest BCUT2D eigenvalue weighted by atomic mass is 9.96. The third kappa shape index (κ3) is 5.32. The minimum atomic E-state index is -0.325. The second-order valence-electron chi connectivity index (χ2n) is 7.76. The van der Waals surface area contributed by atoms with Crippen LogP contribution in [0, 0.1) is 13.8 Å². The normalized spacial score (nSPS) is 15.7. The number of aryl methyl sites for hydroxylation is 2. The molecule has 1 heterocycles. The van der Waals surface area contributed by atoms with Crippen molar-refractivity contribution in [2.75, 3.05) is 26.8 Å². The van der Waals surface area contributed by atoms with Crippen molar-refractivity contribution in [3.8, 4) is 0 Å². The Bertz CT molecular complexity index is 1010. The molecule has 1 aliphatic rings. The highest BCUT2D eigenvalue weighted by atomic mass is 35.5. The minimum Gasteiger partial charge on any atom is -0.383 e. The van der Waals surface area contributed by atoms with Crippen molar-refractivity contribution in [1.82, 2.24) is 9.91 Å². The number of amides is 2. The van der Waals surface area contributed by atoms with Gasteiger partial charge in [-0.2, -0.15) is 5.10 Å². The molecule has 2 aromatic carbocycles. The number of nitrogens with zero attached hydrogens (tertiary/aromatic N) is 3. The molecule has 31 heavy (non-hydrogen) atoms. The van der Waals surface area contributed by atoms with Gasteiger partial charge in [-0.25, -0.2) is 5.01 Å².